The molecular formula is C11H23IN2O. The lowest BCUT2D eigenvalue weighted by molar-refractivity contribution is -0.130. The summed E-state index contributed by atoms with van der Waals surface area (Å²) in [5.41, 5.74) is 0.108. The highest BCUT2D eigenvalue weighted by atomic mass is 127. The van der Waals surface area contributed by atoms with Gasteiger partial charge in [0, 0.05) is 19.1 Å². The van der Waals surface area contributed by atoms with E-state index in [0.717, 1.165) is 6.54 Å². The normalized spacial score (nSPS) is 14.1. The molecule has 0 bridgehead atoms. The largest absolute Gasteiger partial charge is 0.346 e. The second kappa shape index (κ2) is 6.03. The molecule has 0 aromatic carbocycles. The minimum atomic E-state index is 0.108. The Morgan fingerprint density at radius 3 is 2.13 bits per heavy atom. The summed E-state index contributed by atoms with van der Waals surface area (Å²) in [6.45, 7) is 9.25. The van der Waals surface area contributed by atoms with Crippen LogP contribution in [0.4, 0.5) is 0 Å². The van der Waals surface area contributed by atoms with E-state index >= 15 is 0 Å². The van der Waals surface area contributed by atoms with Crippen LogP contribution in [0.5, 0.6) is 0 Å². The average Bonchev–Trinajstić information content (AvgIpc) is 2.13. The fourth-order valence-corrected chi connectivity index (χ4v) is 2.25. The molecule has 90 valence electrons. The van der Waals surface area contributed by atoms with E-state index in [4.69, 9.17) is 0 Å². The molecule has 0 aliphatic heterocycles. The molecule has 0 aromatic heterocycles. The van der Waals surface area contributed by atoms with Crippen LogP contribution in [0.25, 0.3) is 0 Å². The van der Waals surface area contributed by atoms with Gasteiger partial charge in [-0.3, -0.25) is 9.69 Å². The Balaban J connectivity index is 4.25. The molecule has 0 N–H and O–H groups in total. The molecule has 1 amide bonds. The molecule has 15 heavy (non-hydrogen) atoms. The summed E-state index contributed by atoms with van der Waals surface area (Å²) in [6.07, 6.45) is 0.582. The predicted octanol–water partition coefficient (Wildman–Crippen LogP) is 2.35. The van der Waals surface area contributed by atoms with Gasteiger partial charge in [-0.15, -0.1) is 0 Å². The number of halogens is 1. The molecule has 1 unspecified atom stereocenters. The summed E-state index contributed by atoms with van der Waals surface area (Å²) in [5.74, 6) is 0.216. The lowest BCUT2D eigenvalue weighted by Gasteiger charge is -2.36. The second-order valence-electron chi connectivity index (χ2n) is 4.83. The zero-order valence-electron chi connectivity index (χ0n) is 10.7. The van der Waals surface area contributed by atoms with Crippen LogP contribution in [0.3, 0.4) is 0 Å². The summed E-state index contributed by atoms with van der Waals surface area (Å²) in [5, 5.41) is 0. The van der Waals surface area contributed by atoms with Crippen molar-refractivity contribution in [3.05, 3.63) is 0 Å². The summed E-state index contributed by atoms with van der Waals surface area (Å²) < 4.78 is 0.254. The number of nitrogens with zero attached hydrogens (tertiary/aromatic N) is 2. The molecule has 3 nitrogen and oxygen atoms in total. The molecule has 0 aliphatic carbocycles. The van der Waals surface area contributed by atoms with Gasteiger partial charge in [0.25, 0.3) is 0 Å². The average molecular weight is 326 g/mol. The highest BCUT2D eigenvalue weighted by Gasteiger charge is 2.25. The molecule has 0 saturated heterocycles. The van der Waals surface area contributed by atoms with Crippen molar-refractivity contribution in [3.8, 4) is 0 Å². The van der Waals surface area contributed by atoms with E-state index in [1.54, 1.807) is 4.90 Å². The first-order chi connectivity index (χ1) is 6.70. The van der Waals surface area contributed by atoms with E-state index in [0.29, 0.717) is 6.42 Å². The summed E-state index contributed by atoms with van der Waals surface area (Å²) in [6, 6.07) is 0. The minimum Gasteiger partial charge on any atom is -0.346 e. The first kappa shape index (κ1) is 15.2. The highest BCUT2D eigenvalue weighted by molar-refractivity contribution is 14.1. The van der Waals surface area contributed by atoms with Crippen LogP contribution >= 0.6 is 22.6 Å². The van der Waals surface area contributed by atoms with Gasteiger partial charge in [0.2, 0.25) is 5.91 Å². The van der Waals surface area contributed by atoms with Crippen LogP contribution in [0.2, 0.25) is 0 Å². The van der Waals surface area contributed by atoms with Crippen molar-refractivity contribution in [2.24, 2.45) is 0 Å². The Morgan fingerprint density at radius 1 is 1.33 bits per heavy atom. The summed E-state index contributed by atoms with van der Waals surface area (Å²) in [7, 11) is 3.92. The third-order valence-corrected chi connectivity index (χ3v) is 4.00. The van der Waals surface area contributed by atoms with Crippen LogP contribution < -0.4 is 0 Å². The fraction of sp³-hybridized carbons (Fsp3) is 0.909. The molecule has 0 radical (unpaired) electrons. The number of hydrogen-bond acceptors (Lipinski definition) is 2. The van der Waals surface area contributed by atoms with Crippen molar-refractivity contribution in [2.45, 2.75) is 43.7 Å². The number of carbonyl (C=O) groups excluding carboxylic acids is 1. The van der Waals surface area contributed by atoms with E-state index in [-0.39, 0.29) is 15.5 Å². The van der Waals surface area contributed by atoms with Crippen LogP contribution in [0.1, 0.15) is 34.1 Å². The van der Waals surface area contributed by atoms with Crippen LogP contribution in [0.15, 0.2) is 0 Å². The Morgan fingerprint density at radius 2 is 1.80 bits per heavy atom. The lowest BCUT2D eigenvalue weighted by Crippen LogP contribution is -2.44. The second-order valence-corrected chi connectivity index (χ2v) is 6.27. The van der Waals surface area contributed by atoms with Crippen molar-refractivity contribution in [1.29, 1.82) is 0 Å². The Bertz CT molecular complexity index is 213. The maximum Gasteiger partial charge on any atom is 0.224 e. The number of rotatable bonds is 4. The first-order valence-corrected chi connectivity index (χ1v) is 6.55. The Hall–Kier alpha value is 0.160. The topological polar surface area (TPSA) is 23.6 Å². The van der Waals surface area contributed by atoms with Gasteiger partial charge >= 0.3 is 0 Å². The van der Waals surface area contributed by atoms with E-state index in [2.05, 4.69) is 55.3 Å². The smallest absolute Gasteiger partial charge is 0.224 e. The summed E-state index contributed by atoms with van der Waals surface area (Å²) >= 11 is 2.34. The summed E-state index contributed by atoms with van der Waals surface area (Å²) in [4.78, 5) is 15.7. The van der Waals surface area contributed by atoms with Crippen molar-refractivity contribution >= 4 is 28.5 Å². The van der Waals surface area contributed by atoms with Gasteiger partial charge in [0.1, 0.15) is 0 Å². The van der Waals surface area contributed by atoms with Gasteiger partial charge in [-0.25, -0.2) is 0 Å². The van der Waals surface area contributed by atoms with Crippen LogP contribution in [0, 0.1) is 0 Å². The van der Waals surface area contributed by atoms with Crippen molar-refractivity contribution in [3.63, 3.8) is 0 Å². The molecule has 0 aromatic rings. The minimum absolute atomic E-state index is 0.108. The fourth-order valence-electron chi connectivity index (χ4n) is 1.03. The van der Waals surface area contributed by atoms with Crippen molar-refractivity contribution in [1.82, 2.24) is 9.80 Å². The van der Waals surface area contributed by atoms with Crippen LogP contribution in [-0.4, -0.2) is 45.9 Å². The number of carbonyl (C=O) groups is 1. The molecule has 0 heterocycles. The molecule has 0 aliphatic rings. The standard InChI is InChI=1S/C11H23IN2O/c1-7-13(5)10(15)8-9(12)14(6)11(2,3)4/h9H,7-8H2,1-6H3. The third-order valence-electron chi connectivity index (χ3n) is 2.72. The van der Waals surface area contributed by atoms with E-state index in [1.165, 1.54) is 0 Å². The van der Waals surface area contributed by atoms with Crippen LogP contribution in [-0.2, 0) is 4.79 Å². The Labute approximate surface area is 107 Å². The van der Waals surface area contributed by atoms with Gasteiger partial charge in [-0.1, -0.05) is 22.6 Å². The van der Waals surface area contributed by atoms with Crippen molar-refractivity contribution in [2.75, 3.05) is 20.6 Å². The Kier molecular flexibility index (Phi) is 6.10. The molecule has 0 spiro atoms. The zero-order chi connectivity index (χ0) is 12.2. The van der Waals surface area contributed by atoms with Gasteiger partial charge in [-0.2, -0.15) is 0 Å². The molecular weight excluding hydrogens is 303 g/mol. The molecule has 1 atom stereocenters. The van der Waals surface area contributed by atoms with Gasteiger partial charge < -0.3 is 4.90 Å². The molecule has 4 heteroatoms. The predicted molar refractivity (Wildman–Crippen MR) is 73.3 cm³/mol. The third kappa shape index (κ3) is 5.15. The monoisotopic (exact) mass is 326 g/mol. The van der Waals surface area contributed by atoms with E-state index in [1.807, 2.05) is 14.0 Å². The quantitative estimate of drug-likeness (QED) is 0.450. The number of alkyl halides is 1. The number of hydrogen-bond donors (Lipinski definition) is 0. The number of amides is 1. The first-order valence-electron chi connectivity index (χ1n) is 5.31. The lowest BCUT2D eigenvalue weighted by atomic mass is 10.1. The molecule has 0 saturated carbocycles. The SMILES string of the molecule is CCN(C)C(=O)CC(I)N(C)C(C)(C)C. The van der Waals surface area contributed by atoms with Gasteiger partial charge in [0.05, 0.1) is 10.5 Å². The highest BCUT2D eigenvalue weighted by Crippen LogP contribution is 2.21. The van der Waals surface area contributed by atoms with Gasteiger partial charge in [0.15, 0.2) is 0 Å². The van der Waals surface area contributed by atoms with E-state index in [9.17, 15) is 4.79 Å². The maximum absolute atomic E-state index is 11.7. The van der Waals surface area contributed by atoms with Crippen molar-refractivity contribution < 1.29 is 4.79 Å². The maximum atomic E-state index is 11.7. The molecule has 0 fully saturated rings. The zero-order valence-corrected chi connectivity index (χ0v) is 12.8. The molecule has 0 rings (SSSR count). The van der Waals surface area contributed by atoms with E-state index < -0.39 is 0 Å². The van der Waals surface area contributed by atoms with Gasteiger partial charge in [-0.05, 0) is 34.7 Å².